The van der Waals surface area contributed by atoms with Crippen LogP contribution in [0.3, 0.4) is 0 Å². The standard InChI is InChI=1S/C28H31ClN2O4/c1-33-26-12-10-23(11-13-26)28-15-27(35-30-28)18-31(16-22-8-5-9-24(29)14-22)17-25(32)20-34-19-21-6-3-2-4-7-21/h2-14,25,27,32H,15-20H2,1H3/t25-,27+/m0/s1. The first-order chi connectivity index (χ1) is 17.1. The van der Waals surface area contributed by atoms with E-state index in [9.17, 15) is 5.11 Å². The average molecular weight is 495 g/mol. The van der Waals surface area contributed by atoms with E-state index in [2.05, 4.69) is 10.1 Å². The van der Waals surface area contributed by atoms with Gasteiger partial charge in [0.15, 0.2) is 0 Å². The Morgan fingerprint density at radius 1 is 1.06 bits per heavy atom. The van der Waals surface area contributed by atoms with E-state index >= 15 is 0 Å². The van der Waals surface area contributed by atoms with Crippen LogP contribution in [-0.4, -0.2) is 54.7 Å². The number of ether oxygens (including phenoxy) is 2. The molecular formula is C28H31ClN2O4. The number of rotatable bonds is 12. The van der Waals surface area contributed by atoms with Crippen molar-refractivity contribution in [2.75, 3.05) is 26.8 Å². The number of hydrogen-bond acceptors (Lipinski definition) is 6. The number of hydrogen-bond donors (Lipinski definition) is 1. The molecule has 0 spiro atoms. The van der Waals surface area contributed by atoms with Crippen LogP contribution in [0.1, 0.15) is 23.1 Å². The second-order valence-corrected chi connectivity index (χ2v) is 9.11. The quantitative estimate of drug-likeness (QED) is 0.387. The molecule has 7 heteroatoms. The van der Waals surface area contributed by atoms with Crippen LogP contribution in [0.25, 0.3) is 0 Å². The van der Waals surface area contributed by atoms with Crippen molar-refractivity contribution in [3.05, 3.63) is 101 Å². The molecule has 1 aliphatic rings. The Balaban J connectivity index is 1.34. The summed E-state index contributed by atoms with van der Waals surface area (Å²) in [5, 5.41) is 15.7. The van der Waals surface area contributed by atoms with Crippen molar-refractivity contribution in [1.82, 2.24) is 4.90 Å². The zero-order chi connectivity index (χ0) is 24.5. The predicted octanol–water partition coefficient (Wildman–Crippen LogP) is 4.92. The van der Waals surface area contributed by atoms with Gasteiger partial charge in [-0.3, -0.25) is 4.90 Å². The zero-order valence-electron chi connectivity index (χ0n) is 19.8. The normalized spacial score (nSPS) is 16.1. The van der Waals surface area contributed by atoms with Crippen molar-refractivity contribution >= 4 is 17.3 Å². The van der Waals surface area contributed by atoms with Gasteiger partial charge in [-0.15, -0.1) is 0 Å². The molecule has 1 aliphatic heterocycles. The summed E-state index contributed by atoms with van der Waals surface area (Å²) >= 11 is 6.20. The summed E-state index contributed by atoms with van der Waals surface area (Å²) in [6.45, 7) is 2.41. The minimum Gasteiger partial charge on any atom is -0.497 e. The van der Waals surface area contributed by atoms with Crippen LogP contribution >= 0.6 is 11.6 Å². The van der Waals surface area contributed by atoms with Gasteiger partial charge in [-0.1, -0.05) is 59.2 Å². The molecule has 1 heterocycles. The van der Waals surface area contributed by atoms with Gasteiger partial charge in [-0.05, 0) is 53.1 Å². The third-order valence-electron chi connectivity index (χ3n) is 5.80. The molecule has 3 aromatic rings. The van der Waals surface area contributed by atoms with Crippen molar-refractivity contribution in [3.63, 3.8) is 0 Å². The molecule has 0 aliphatic carbocycles. The number of aliphatic hydroxyl groups excluding tert-OH is 1. The molecule has 0 aromatic heterocycles. The van der Waals surface area contributed by atoms with Gasteiger partial charge in [0.2, 0.25) is 0 Å². The second kappa shape index (κ2) is 12.7. The molecule has 0 saturated heterocycles. The third kappa shape index (κ3) is 7.80. The van der Waals surface area contributed by atoms with Crippen LogP contribution in [0.15, 0.2) is 84.0 Å². The Bertz CT molecular complexity index is 1090. The minimum absolute atomic E-state index is 0.108. The van der Waals surface area contributed by atoms with Crippen molar-refractivity contribution in [3.8, 4) is 5.75 Å². The largest absolute Gasteiger partial charge is 0.497 e. The first-order valence-electron chi connectivity index (χ1n) is 11.7. The fourth-order valence-corrected chi connectivity index (χ4v) is 4.32. The van der Waals surface area contributed by atoms with Gasteiger partial charge in [-0.2, -0.15) is 0 Å². The zero-order valence-corrected chi connectivity index (χ0v) is 20.6. The number of halogens is 1. The van der Waals surface area contributed by atoms with Crippen LogP contribution in [0, 0.1) is 0 Å². The molecule has 35 heavy (non-hydrogen) atoms. The molecule has 3 aromatic carbocycles. The summed E-state index contributed by atoms with van der Waals surface area (Å²) in [7, 11) is 1.65. The first kappa shape index (κ1) is 25.2. The molecule has 0 amide bonds. The Labute approximate surface area is 211 Å². The fraction of sp³-hybridized carbons (Fsp3) is 0.321. The van der Waals surface area contributed by atoms with Gasteiger partial charge < -0.3 is 19.4 Å². The maximum atomic E-state index is 10.7. The summed E-state index contributed by atoms with van der Waals surface area (Å²) in [5.74, 6) is 0.806. The van der Waals surface area contributed by atoms with E-state index in [4.69, 9.17) is 25.9 Å². The lowest BCUT2D eigenvalue weighted by molar-refractivity contribution is -0.00648. The first-order valence-corrected chi connectivity index (χ1v) is 12.1. The maximum absolute atomic E-state index is 10.7. The number of aliphatic hydroxyl groups is 1. The molecule has 2 atom stereocenters. The summed E-state index contributed by atoms with van der Waals surface area (Å²) < 4.78 is 11.0. The van der Waals surface area contributed by atoms with Crippen LogP contribution in [0.5, 0.6) is 5.75 Å². The smallest absolute Gasteiger partial charge is 0.145 e. The summed E-state index contributed by atoms with van der Waals surface area (Å²) in [5.41, 5.74) is 4.08. The van der Waals surface area contributed by atoms with Gasteiger partial charge in [0.05, 0.1) is 32.1 Å². The summed E-state index contributed by atoms with van der Waals surface area (Å²) in [6.07, 6.45) is -0.0519. The van der Waals surface area contributed by atoms with Crippen LogP contribution in [-0.2, 0) is 22.7 Å². The molecule has 184 valence electrons. The molecule has 0 unspecified atom stereocenters. The molecule has 4 rings (SSSR count). The highest BCUT2D eigenvalue weighted by atomic mass is 35.5. The molecule has 0 bridgehead atoms. The minimum atomic E-state index is -0.638. The molecule has 0 radical (unpaired) electrons. The van der Waals surface area contributed by atoms with E-state index in [1.54, 1.807) is 7.11 Å². The van der Waals surface area contributed by atoms with Crippen molar-refractivity contribution in [2.24, 2.45) is 5.16 Å². The Kier molecular flexibility index (Phi) is 9.15. The molecule has 0 saturated carbocycles. The van der Waals surface area contributed by atoms with E-state index in [0.29, 0.717) is 37.7 Å². The average Bonchev–Trinajstić information content (AvgIpc) is 3.33. The highest BCUT2D eigenvalue weighted by Gasteiger charge is 2.26. The number of nitrogens with zero attached hydrogens (tertiary/aromatic N) is 2. The lowest BCUT2D eigenvalue weighted by atomic mass is 10.0. The van der Waals surface area contributed by atoms with E-state index in [-0.39, 0.29) is 12.7 Å². The molecule has 6 nitrogen and oxygen atoms in total. The second-order valence-electron chi connectivity index (χ2n) is 8.68. The van der Waals surface area contributed by atoms with E-state index in [1.165, 1.54) is 0 Å². The molecular weight excluding hydrogens is 464 g/mol. The van der Waals surface area contributed by atoms with Crippen molar-refractivity contribution < 1.29 is 19.4 Å². The predicted molar refractivity (Wildman–Crippen MR) is 138 cm³/mol. The van der Waals surface area contributed by atoms with Crippen LogP contribution < -0.4 is 4.74 Å². The topological polar surface area (TPSA) is 63.5 Å². The third-order valence-corrected chi connectivity index (χ3v) is 6.04. The Morgan fingerprint density at radius 3 is 2.57 bits per heavy atom. The Morgan fingerprint density at radius 2 is 1.83 bits per heavy atom. The van der Waals surface area contributed by atoms with Crippen molar-refractivity contribution in [1.29, 1.82) is 0 Å². The highest BCUT2D eigenvalue weighted by Crippen LogP contribution is 2.21. The maximum Gasteiger partial charge on any atom is 0.145 e. The van der Waals surface area contributed by atoms with E-state index in [0.717, 1.165) is 28.2 Å². The molecule has 1 N–H and O–H groups in total. The monoisotopic (exact) mass is 494 g/mol. The van der Waals surface area contributed by atoms with Gasteiger partial charge in [0, 0.05) is 31.1 Å². The van der Waals surface area contributed by atoms with Crippen molar-refractivity contribution in [2.45, 2.75) is 31.8 Å². The summed E-state index contributed by atoms with van der Waals surface area (Å²) in [6, 6.07) is 25.5. The summed E-state index contributed by atoms with van der Waals surface area (Å²) in [4.78, 5) is 7.93. The van der Waals surface area contributed by atoms with E-state index in [1.807, 2.05) is 78.9 Å². The van der Waals surface area contributed by atoms with Gasteiger partial charge in [0.1, 0.15) is 11.9 Å². The van der Waals surface area contributed by atoms with Crippen LogP contribution in [0.2, 0.25) is 5.02 Å². The SMILES string of the molecule is COc1ccc(C2=NO[C@@H](CN(Cc3cccc(Cl)c3)C[C@H](O)COCc3ccccc3)C2)cc1. The number of methoxy groups -OCH3 is 1. The number of oxime groups is 1. The van der Waals surface area contributed by atoms with Gasteiger partial charge >= 0.3 is 0 Å². The lowest BCUT2D eigenvalue weighted by Crippen LogP contribution is -2.39. The number of benzene rings is 3. The molecule has 0 fully saturated rings. The van der Waals surface area contributed by atoms with E-state index < -0.39 is 6.10 Å². The fourth-order valence-electron chi connectivity index (χ4n) is 4.10. The Hall–Kier alpha value is -2.90. The van der Waals surface area contributed by atoms with Gasteiger partial charge in [-0.25, -0.2) is 0 Å². The van der Waals surface area contributed by atoms with Gasteiger partial charge in [0.25, 0.3) is 0 Å². The van der Waals surface area contributed by atoms with Crippen LogP contribution in [0.4, 0.5) is 0 Å². The lowest BCUT2D eigenvalue weighted by Gasteiger charge is -2.27. The highest BCUT2D eigenvalue weighted by molar-refractivity contribution is 6.30.